The van der Waals surface area contributed by atoms with Crippen molar-refractivity contribution in [3.8, 4) is 11.5 Å². The van der Waals surface area contributed by atoms with Gasteiger partial charge in [0.2, 0.25) is 0 Å². The molecule has 0 aliphatic carbocycles. The van der Waals surface area contributed by atoms with Crippen molar-refractivity contribution in [1.82, 2.24) is 4.98 Å². The van der Waals surface area contributed by atoms with Crippen LogP contribution in [0.2, 0.25) is 5.02 Å². The number of nitrogens with zero attached hydrogens (tertiary/aromatic N) is 1. The molecule has 0 spiro atoms. The Balaban J connectivity index is 2.23. The van der Waals surface area contributed by atoms with Crippen molar-refractivity contribution in [3.63, 3.8) is 0 Å². The second-order valence-electron chi connectivity index (χ2n) is 4.00. The second-order valence-corrected chi connectivity index (χ2v) is 5.53. The fraction of sp³-hybridized carbons (Fsp3) is 0.214. The SMILES string of the molecule is COc1cc(CCl)cc(Br)c1OCc1ccncc1Cl. The minimum Gasteiger partial charge on any atom is -0.493 e. The van der Waals surface area contributed by atoms with Crippen LogP contribution in [0.4, 0.5) is 0 Å². The molecule has 0 amide bonds. The number of hydrogen-bond acceptors (Lipinski definition) is 3. The molecule has 3 nitrogen and oxygen atoms in total. The van der Waals surface area contributed by atoms with Crippen LogP contribution in [0.1, 0.15) is 11.1 Å². The van der Waals surface area contributed by atoms with Crippen molar-refractivity contribution in [2.24, 2.45) is 0 Å². The van der Waals surface area contributed by atoms with E-state index in [4.69, 9.17) is 32.7 Å². The molecule has 1 aromatic carbocycles. The Hall–Kier alpha value is -0.970. The van der Waals surface area contributed by atoms with E-state index in [0.717, 1.165) is 15.6 Å². The molecule has 1 heterocycles. The first-order valence-electron chi connectivity index (χ1n) is 5.79. The summed E-state index contributed by atoms with van der Waals surface area (Å²) >= 11 is 15.3. The quantitative estimate of drug-likeness (QED) is 0.700. The van der Waals surface area contributed by atoms with Crippen LogP contribution in [-0.4, -0.2) is 12.1 Å². The van der Waals surface area contributed by atoms with E-state index in [-0.39, 0.29) is 0 Å². The molecule has 1 aromatic heterocycles. The number of alkyl halides is 1. The molecule has 0 bridgehead atoms. The van der Waals surface area contributed by atoms with Crippen LogP contribution in [0.15, 0.2) is 35.1 Å². The molecule has 106 valence electrons. The first kappa shape index (κ1) is 15.4. The zero-order valence-electron chi connectivity index (χ0n) is 10.7. The van der Waals surface area contributed by atoms with Gasteiger partial charge in [0, 0.05) is 23.8 Å². The number of halogens is 3. The minimum absolute atomic E-state index is 0.330. The van der Waals surface area contributed by atoms with E-state index in [2.05, 4.69) is 20.9 Å². The fourth-order valence-electron chi connectivity index (χ4n) is 1.66. The van der Waals surface area contributed by atoms with Crippen molar-refractivity contribution in [1.29, 1.82) is 0 Å². The molecule has 0 radical (unpaired) electrons. The molecular weight excluding hydrogens is 365 g/mol. The Kier molecular flexibility index (Phi) is 5.52. The highest BCUT2D eigenvalue weighted by molar-refractivity contribution is 9.10. The molecule has 0 saturated carbocycles. The van der Waals surface area contributed by atoms with Crippen LogP contribution in [-0.2, 0) is 12.5 Å². The van der Waals surface area contributed by atoms with Gasteiger partial charge in [0.15, 0.2) is 11.5 Å². The molecule has 0 unspecified atom stereocenters. The van der Waals surface area contributed by atoms with Gasteiger partial charge in [0.25, 0.3) is 0 Å². The van der Waals surface area contributed by atoms with Crippen LogP contribution >= 0.6 is 39.1 Å². The summed E-state index contributed by atoms with van der Waals surface area (Å²) in [5.41, 5.74) is 1.81. The van der Waals surface area contributed by atoms with Gasteiger partial charge in [0.1, 0.15) is 6.61 Å². The lowest BCUT2D eigenvalue weighted by molar-refractivity contribution is 0.282. The third-order valence-electron chi connectivity index (χ3n) is 2.67. The highest BCUT2D eigenvalue weighted by Gasteiger charge is 2.12. The summed E-state index contributed by atoms with van der Waals surface area (Å²) in [5.74, 6) is 1.65. The van der Waals surface area contributed by atoms with E-state index in [1.54, 1.807) is 19.5 Å². The molecule has 2 rings (SSSR count). The molecule has 0 saturated heterocycles. The highest BCUT2D eigenvalue weighted by Crippen LogP contribution is 2.37. The first-order chi connectivity index (χ1) is 9.65. The van der Waals surface area contributed by atoms with Gasteiger partial charge in [0.05, 0.1) is 16.6 Å². The second kappa shape index (κ2) is 7.16. The van der Waals surface area contributed by atoms with E-state index in [1.165, 1.54) is 0 Å². The summed E-state index contributed by atoms with van der Waals surface area (Å²) in [5, 5.41) is 0.569. The maximum atomic E-state index is 6.05. The maximum Gasteiger partial charge on any atom is 0.175 e. The molecule has 20 heavy (non-hydrogen) atoms. The minimum atomic E-state index is 0.330. The predicted octanol–water partition coefficient (Wildman–Crippen LogP) is 4.82. The van der Waals surface area contributed by atoms with Crippen LogP contribution in [0.25, 0.3) is 0 Å². The Bertz CT molecular complexity index is 608. The summed E-state index contributed by atoms with van der Waals surface area (Å²) in [6, 6.07) is 5.57. The van der Waals surface area contributed by atoms with Crippen LogP contribution in [0, 0.1) is 0 Å². The van der Waals surface area contributed by atoms with Crippen molar-refractivity contribution in [2.45, 2.75) is 12.5 Å². The number of aromatic nitrogens is 1. The average molecular weight is 377 g/mol. The lowest BCUT2D eigenvalue weighted by Gasteiger charge is -2.14. The van der Waals surface area contributed by atoms with Gasteiger partial charge in [-0.15, -0.1) is 11.6 Å². The van der Waals surface area contributed by atoms with E-state index in [0.29, 0.717) is 29.0 Å². The van der Waals surface area contributed by atoms with Crippen LogP contribution in [0.3, 0.4) is 0 Å². The molecule has 0 aliphatic rings. The Morgan fingerprint density at radius 2 is 2.15 bits per heavy atom. The summed E-state index contributed by atoms with van der Waals surface area (Å²) in [7, 11) is 1.59. The van der Waals surface area contributed by atoms with Crippen molar-refractivity contribution >= 4 is 39.1 Å². The van der Waals surface area contributed by atoms with Gasteiger partial charge >= 0.3 is 0 Å². The lowest BCUT2D eigenvalue weighted by Crippen LogP contribution is -2.00. The first-order valence-corrected chi connectivity index (χ1v) is 7.49. The standard InChI is InChI=1S/C14H12BrCl2NO2/c1-19-13-5-9(6-16)4-11(15)14(13)20-8-10-2-3-18-7-12(10)17/h2-5,7H,6,8H2,1H3. The average Bonchev–Trinajstić information content (AvgIpc) is 2.46. The Morgan fingerprint density at radius 3 is 2.80 bits per heavy atom. The van der Waals surface area contributed by atoms with Crippen molar-refractivity contribution in [2.75, 3.05) is 7.11 Å². The molecule has 0 fully saturated rings. The van der Waals surface area contributed by atoms with Gasteiger partial charge in [-0.3, -0.25) is 4.98 Å². The summed E-state index contributed by atoms with van der Waals surface area (Å²) < 4.78 is 11.9. The molecule has 0 N–H and O–H groups in total. The number of benzene rings is 1. The Labute approximate surface area is 136 Å². The lowest BCUT2D eigenvalue weighted by atomic mass is 10.2. The largest absolute Gasteiger partial charge is 0.493 e. The van der Waals surface area contributed by atoms with Crippen molar-refractivity contribution < 1.29 is 9.47 Å². The molecular formula is C14H12BrCl2NO2. The third kappa shape index (κ3) is 3.57. The zero-order chi connectivity index (χ0) is 14.5. The van der Waals surface area contributed by atoms with Crippen molar-refractivity contribution in [3.05, 3.63) is 51.2 Å². The number of ether oxygens (including phenoxy) is 2. The smallest absolute Gasteiger partial charge is 0.175 e. The van der Waals surface area contributed by atoms with Gasteiger partial charge in [-0.05, 0) is 39.7 Å². The number of rotatable bonds is 5. The van der Waals surface area contributed by atoms with Crippen LogP contribution < -0.4 is 9.47 Å². The fourth-order valence-corrected chi connectivity index (χ4v) is 2.59. The van der Waals surface area contributed by atoms with E-state index in [9.17, 15) is 0 Å². The molecule has 2 aromatic rings. The van der Waals surface area contributed by atoms with Gasteiger partial charge < -0.3 is 9.47 Å². The van der Waals surface area contributed by atoms with Gasteiger partial charge in [-0.1, -0.05) is 11.6 Å². The van der Waals surface area contributed by atoms with E-state index < -0.39 is 0 Å². The predicted molar refractivity (Wildman–Crippen MR) is 83.8 cm³/mol. The third-order valence-corrected chi connectivity index (χ3v) is 3.91. The molecule has 0 atom stereocenters. The van der Waals surface area contributed by atoms with Gasteiger partial charge in [-0.2, -0.15) is 0 Å². The van der Waals surface area contributed by atoms with Crippen LogP contribution in [0.5, 0.6) is 11.5 Å². The Morgan fingerprint density at radius 1 is 1.35 bits per heavy atom. The summed E-state index contributed by atoms with van der Waals surface area (Å²) in [6.45, 7) is 0.330. The summed E-state index contributed by atoms with van der Waals surface area (Å²) in [4.78, 5) is 3.94. The number of pyridine rings is 1. The monoisotopic (exact) mass is 375 g/mol. The molecule has 0 aliphatic heterocycles. The zero-order valence-corrected chi connectivity index (χ0v) is 13.8. The molecule has 6 heteroatoms. The van der Waals surface area contributed by atoms with E-state index >= 15 is 0 Å². The van der Waals surface area contributed by atoms with E-state index in [1.807, 2.05) is 18.2 Å². The topological polar surface area (TPSA) is 31.4 Å². The normalized spacial score (nSPS) is 10.4. The van der Waals surface area contributed by atoms with Gasteiger partial charge in [-0.25, -0.2) is 0 Å². The number of methoxy groups -OCH3 is 1. The maximum absolute atomic E-state index is 6.05. The summed E-state index contributed by atoms with van der Waals surface area (Å²) in [6.07, 6.45) is 3.26. The highest BCUT2D eigenvalue weighted by atomic mass is 79.9. The number of hydrogen-bond donors (Lipinski definition) is 0.